The summed E-state index contributed by atoms with van der Waals surface area (Å²) < 4.78 is 18.5. The molecule has 0 atom stereocenters. The van der Waals surface area contributed by atoms with E-state index in [2.05, 4.69) is 5.32 Å². The molecule has 0 bridgehead atoms. The van der Waals surface area contributed by atoms with E-state index in [0.717, 1.165) is 5.01 Å². The smallest absolute Gasteiger partial charge is 0.336 e. The van der Waals surface area contributed by atoms with Gasteiger partial charge in [0.15, 0.2) is 0 Å². The number of ether oxygens (including phenoxy) is 1. The molecule has 0 saturated carbocycles. The first-order chi connectivity index (χ1) is 7.95. The minimum atomic E-state index is -0.509. The van der Waals surface area contributed by atoms with E-state index < -0.39 is 11.8 Å². The largest absolute Gasteiger partial charge is 0.489 e. The molecule has 0 spiro atoms. The van der Waals surface area contributed by atoms with Crippen molar-refractivity contribution in [1.29, 1.82) is 0 Å². The van der Waals surface area contributed by atoms with Crippen LogP contribution in [0.2, 0.25) is 0 Å². The molecule has 1 aromatic rings. The number of nitrogens with one attached hydrogen (secondary N) is 1. The van der Waals surface area contributed by atoms with Gasteiger partial charge >= 0.3 is 6.03 Å². The Bertz CT molecular complexity index is 410. The highest BCUT2D eigenvalue weighted by Crippen LogP contribution is 2.28. The first-order valence-electron chi connectivity index (χ1n) is 5.18. The Hall–Kier alpha value is -1.82. The van der Waals surface area contributed by atoms with Crippen molar-refractivity contribution in [1.82, 2.24) is 5.32 Å². The third-order valence-corrected chi connectivity index (χ3v) is 1.98. The second-order valence-electron chi connectivity index (χ2n) is 3.70. The number of hydrogen-bond donors (Lipinski definition) is 2. The summed E-state index contributed by atoms with van der Waals surface area (Å²) in [6.45, 7) is 3.60. The van der Waals surface area contributed by atoms with Gasteiger partial charge in [-0.05, 0) is 26.0 Å². The van der Waals surface area contributed by atoms with E-state index in [9.17, 15) is 9.18 Å². The standard InChI is InChI=1S/C11H16FN3O2.CH4/c1-7(2)17-10-6-8(12)4-5-9(10)15(13)11(16)14-3;/h4-7H,13H2,1-3H3,(H,14,16);1H4. The number of hydrazine groups is 1. The quantitative estimate of drug-likeness (QED) is 0.496. The van der Waals surface area contributed by atoms with Crippen molar-refractivity contribution in [3.8, 4) is 5.75 Å². The molecular weight excluding hydrogens is 237 g/mol. The van der Waals surface area contributed by atoms with Crippen LogP contribution in [0.4, 0.5) is 14.9 Å². The molecule has 0 saturated heterocycles. The third-order valence-electron chi connectivity index (χ3n) is 1.98. The van der Waals surface area contributed by atoms with Crippen molar-refractivity contribution in [2.45, 2.75) is 27.4 Å². The number of carbonyl (C=O) groups is 1. The summed E-state index contributed by atoms with van der Waals surface area (Å²) in [5, 5.41) is 3.24. The Morgan fingerprint density at radius 2 is 2.11 bits per heavy atom. The second kappa shape index (κ2) is 6.80. The monoisotopic (exact) mass is 257 g/mol. The summed E-state index contributed by atoms with van der Waals surface area (Å²) in [6, 6.07) is 3.29. The molecule has 1 aromatic carbocycles. The van der Waals surface area contributed by atoms with E-state index in [-0.39, 0.29) is 19.3 Å². The van der Waals surface area contributed by atoms with Crippen molar-refractivity contribution in [3.05, 3.63) is 24.0 Å². The predicted molar refractivity (Wildman–Crippen MR) is 70.0 cm³/mol. The number of halogens is 1. The average Bonchev–Trinajstić information content (AvgIpc) is 2.26. The zero-order chi connectivity index (χ0) is 13.0. The van der Waals surface area contributed by atoms with Gasteiger partial charge in [-0.15, -0.1) is 0 Å². The normalized spacial score (nSPS) is 9.67. The van der Waals surface area contributed by atoms with Crippen LogP contribution in [0.3, 0.4) is 0 Å². The Labute approximate surface area is 107 Å². The van der Waals surface area contributed by atoms with Gasteiger partial charge in [0.1, 0.15) is 17.3 Å². The molecule has 5 nitrogen and oxygen atoms in total. The van der Waals surface area contributed by atoms with Crippen LogP contribution in [0.15, 0.2) is 18.2 Å². The van der Waals surface area contributed by atoms with Crippen LogP contribution in [0, 0.1) is 5.82 Å². The maximum atomic E-state index is 13.1. The molecule has 0 heterocycles. The molecular formula is C12H20FN3O2. The van der Waals surface area contributed by atoms with Crippen LogP contribution in [0.1, 0.15) is 21.3 Å². The van der Waals surface area contributed by atoms with Gasteiger partial charge < -0.3 is 10.1 Å². The zero-order valence-corrected chi connectivity index (χ0v) is 10.0. The molecule has 1 rings (SSSR count). The average molecular weight is 257 g/mol. The molecule has 18 heavy (non-hydrogen) atoms. The van der Waals surface area contributed by atoms with Gasteiger partial charge in [-0.1, -0.05) is 7.43 Å². The number of carbonyl (C=O) groups excluding carboxylic acids is 1. The van der Waals surface area contributed by atoms with E-state index in [1.165, 1.54) is 25.2 Å². The first kappa shape index (κ1) is 16.2. The van der Waals surface area contributed by atoms with Crippen molar-refractivity contribution >= 4 is 11.7 Å². The van der Waals surface area contributed by atoms with E-state index >= 15 is 0 Å². The number of rotatable bonds is 3. The molecule has 3 N–H and O–H groups in total. The van der Waals surface area contributed by atoms with Gasteiger partial charge in [0, 0.05) is 13.1 Å². The first-order valence-corrected chi connectivity index (χ1v) is 5.18. The third kappa shape index (κ3) is 3.89. The molecule has 2 amide bonds. The number of nitrogens with zero attached hydrogens (tertiary/aromatic N) is 1. The maximum absolute atomic E-state index is 13.1. The highest BCUT2D eigenvalue weighted by Gasteiger charge is 2.16. The fourth-order valence-electron chi connectivity index (χ4n) is 1.27. The Morgan fingerprint density at radius 3 is 2.61 bits per heavy atom. The van der Waals surface area contributed by atoms with Gasteiger partial charge in [0.05, 0.1) is 6.10 Å². The lowest BCUT2D eigenvalue weighted by Gasteiger charge is -2.20. The fraction of sp³-hybridized carbons (Fsp3) is 0.417. The van der Waals surface area contributed by atoms with Crippen molar-refractivity contribution in [3.63, 3.8) is 0 Å². The summed E-state index contributed by atoms with van der Waals surface area (Å²) in [7, 11) is 1.45. The van der Waals surface area contributed by atoms with Gasteiger partial charge in [0.2, 0.25) is 0 Å². The lowest BCUT2D eigenvalue weighted by molar-refractivity contribution is 0.238. The number of benzene rings is 1. The summed E-state index contributed by atoms with van der Waals surface area (Å²) in [6.07, 6.45) is -0.145. The maximum Gasteiger partial charge on any atom is 0.336 e. The Balaban J connectivity index is 0.00000289. The minimum Gasteiger partial charge on any atom is -0.489 e. The van der Waals surface area contributed by atoms with Crippen molar-refractivity contribution < 1.29 is 13.9 Å². The number of urea groups is 1. The molecule has 0 aromatic heterocycles. The SMILES string of the molecule is C.CNC(=O)N(N)c1ccc(F)cc1OC(C)C. The second-order valence-corrected chi connectivity index (χ2v) is 3.70. The molecule has 0 radical (unpaired) electrons. The van der Waals surface area contributed by atoms with Crippen LogP contribution in [0.5, 0.6) is 5.75 Å². The van der Waals surface area contributed by atoms with Crippen molar-refractivity contribution in [2.75, 3.05) is 12.1 Å². The van der Waals surface area contributed by atoms with Crippen molar-refractivity contribution in [2.24, 2.45) is 5.84 Å². The van der Waals surface area contributed by atoms with Gasteiger partial charge in [-0.2, -0.15) is 0 Å². The minimum absolute atomic E-state index is 0. The van der Waals surface area contributed by atoms with Crippen LogP contribution < -0.4 is 20.9 Å². The lowest BCUT2D eigenvalue weighted by atomic mass is 10.2. The fourth-order valence-corrected chi connectivity index (χ4v) is 1.27. The predicted octanol–water partition coefficient (Wildman–Crippen LogP) is 2.27. The lowest BCUT2D eigenvalue weighted by Crippen LogP contribution is -2.43. The van der Waals surface area contributed by atoms with Crippen LogP contribution in [0.25, 0.3) is 0 Å². The summed E-state index contributed by atoms with van der Waals surface area (Å²) in [4.78, 5) is 11.4. The highest BCUT2D eigenvalue weighted by atomic mass is 19.1. The molecule has 102 valence electrons. The topological polar surface area (TPSA) is 67.6 Å². The summed E-state index contributed by atoms with van der Waals surface area (Å²) in [5.41, 5.74) is 0.305. The highest BCUT2D eigenvalue weighted by molar-refractivity contribution is 5.92. The Morgan fingerprint density at radius 1 is 1.50 bits per heavy atom. The van der Waals surface area contributed by atoms with Gasteiger partial charge in [0.25, 0.3) is 0 Å². The van der Waals surface area contributed by atoms with Crippen LogP contribution in [-0.4, -0.2) is 19.2 Å². The molecule has 0 unspecified atom stereocenters. The number of anilines is 1. The van der Waals surface area contributed by atoms with E-state index in [0.29, 0.717) is 5.69 Å². The van der Waals surface area contributed by atoms with E-state index in [4.69, 9.17) is 10.6 Å². The summed E-state index contributed by atoms with van der Waals surface area (Å²) in [5.74, 6) is 5.37. The Kier molecular flexibility index (Phi) is 6.12. The molecule has 0 aliphatic heterocycles. The molecule has 0 aliphatic rings. The van der Waals surface area contributed by atoms with E-state index in [1.54, 1.807) is 13.8 Å². The molecule has 6 heteroatoms. The van der Waals surface area contributed by atoms with E-state index in [1.807, 2.05) is 0 Å². The molecule has 0 aliphatic carbocycles. The summed E-state index contributed by atoms with van der Waals surface area (Å²) >= 11 is 0. The number of nitrogens with two attached hydrogens (primary N) is 1. The van der Waals surface area contributed by atoms with Gasteiger partial charge in [-0.3, -0.25) is 0 Å². The number of amides is 2. The van der Waals surface area contributed by atoms with Crippen LogP contribution >= 0.6 is 0 Å². The zero-order valence-electron chi connectivity index (χ0n) is 10.0. The number of hydrogen-bond acceptors (Lipinski definition) is 3. The van der Waals surface area contributed by atoms with Crippen LogP contribution in [-0.2, 0) is 0 Å². The molecule has 0 fully saturated rings. The van der Waals surface area contributed by atoms with Gasteiger partial charge in [-0.25, -0.2) is 20.0 Å².